The molecule has 1 atom stereocenters. The molecule has 0 aliphatic carbocycles. The highest BCUT2D eigenvalue weighted by Crippen LogP contribution is 2.24. The highest BCUT2D eigenvalue weighted by molar-refractivity contribution is 6.31. The number of hydrogen-bond donors (Lipinski definition) is 1. The lowest BCUT2D eigenvalue weighted by atomic mass is 9.97. The molecule has 0 saturated carbocycles. The van der Waals surface area contributed by atoms with Gasteiger partial charge in [0.2, 0.25) is 5.91 Å². The molecular formula is C23H21ClF2N4O2. The van der Waals surface area contributed by atoms with Gasteiger partial charge in [0.1, 0.15) is 17.5 Å². The molecule has 1 aromatic heterocycles. The molecule has 1 aliphatic heterocycles. The van der Waals surface area contributed by atoms with Crippen molar-refractivity contribution in [2.24, 2.45) is 5.92 Å². The second-order valence-corrected chi connectivity index (χ2v) is 8.18. The van der Waals surface area contributed by atoms with E-state index in [9.17, 15) is 18.4 Å². The molecule has 1 aliphatic rings. The Balaban J connectivity index is 1.53. The summed E-state index contributed by atoms with van der Waals surface area (Å²) in [4.78, 5) is 27.0. The van der Waals surface area contributed by atoms with Crippen LogP contribution in [0.4, 0.5) is 20.3 Å². The van der Waals surface area contributed by atoms with Crippen molar-refractivity contribution >= 4 is 29.0 Å². The zero-order chi connectivity index (χ0) is 22.8. The summed E-state index contributed by atoms with van der Waals surface area (Å²) in [6.07, 6.45) is 1.35. The first-order valence-corrected chi connectivity index (χ1v) is 10.6. The second-order valence-electron chi connectivity index (χ2n) is 7.77. The molecule has 3 aromatic rings. The van der Waals surface area contributed by atoms with Crippen molar-refractivity contribution in [2.75, 3.05) is 23.3 Å². The van der Waals surface area contributed by atoms with Crippen LogP contribution in [0.2, 0.25) is 5.02 Å². The average molecular weight is 459 g/mol. The Bertz CT molecular complexity index is 1230. The molecule has 2 heterocycles. The Hall–Kier alpha value is -3.26. The van der Waals surface area contributed by atoms with E-state index < -0.39 is 17.6 Å². The molecule has 6 nitrogen and oxygen atoms in total. The third-order valence-electron chi connectivity index (χ3n) is 5.49. The number of hydrogen-bond acceptors (Lipinski definition) is 4. The van der Waals surface area contributed by atoms with Crippen LogP contribution in [-0.4, -0.2) is 28.8 Å². The lowest BCUT2D eigenvalue weighted by Crippen LogP contribution is -2.42. The maximum Gasteiger partial charge on any atom is 0.271 e. The zero-order valence-corrected chi connectivity index (χ0v) is 18.1. The number of anilines is 2. The first kappa shape index (κ1) is 22.0. The van der Waals surface area contributed by atoms with E-state index in [1.54, 1.807) is 18.2 Å². The maximum absolute atomic E-state index is 13.9. The van der Waals surface area contributed by atoms with Crippen molar-refractivity contribution in [1.29, 1.82) is 0 Å². The number of halogens is 3. The van der Waals surface area contributed by atoms with Crippen LogP contribution in [0.25, 0.3) is 5.69 Å². The number of carbonyl (C=O) groups is 1. The number of amides is 1. The van der Waals surface area contributed by atoms with Gasteiger partial charge in [-0.15, -0.1) is 5.10 Å². The van der Waals surface area contributed by atoms with Crippen LogP contribution in [0, 0.1) is 24.5 Å². The van der Waals surface area contributed by atoms with E-state index in [4.69, 9.17) is 11.6 Å². The van der Waals surface area contributed by atoms with E-state index in [-0.39, 0.29) is 17.2 Å². The Morgan fingerprint density at radius 2 is 1.97 bits per heavy atom. The van der Waals surface area contributed by atoms with Gasteiger partial charge in [0.15, 0.2) is 0 Å². The Morgan fingerprint density at radius 1 is 1.16 bits per heavy atom. The van der Waals surface area contributed by atoms with Crippen LogP contribution < -0.4 is 15.8 Å². The summed E-state index contributed by atoms with van der Waals surface area (Å²) in [5.74, 6) is -1.74. The quantitative estimate of drug-likeness (QED) is 0.632. The molecule has 2 aromatic carbocycles. The number of aryl methyl sites for hydroxylation is 1. The number of piperidine rings is 1. The Labute approximate surface area is 188 Å². The highest BCUT2D eigenvalue weighted by atomic mass is 35.5. The van der Waals surface area contributed by atoms with E-state index >= 15 is 0 Å². The van der Waals surface area contributed by atoms with Crippen LogP contribution in [0.5, 0.6) is 0 Å². The van der Waals surface area contributed by atoms with Gasteiger partial charge in [0.25, 0.3) is 5.56 Å². The van der Waals surface area contributed by atoms with Gasteiger partial charge in [0, 0.05) is 30.2 Å². The lowest BCUT2D eigenvalue weighted by Gasteiger charge is -2.33. The van der Waals surface area contributed by atoms with Gasteiger partial charge in [-0.25, -0.2) is 8.78 Å². The monoisotopic (exact) mass is 458 g/mol. The third kappa shape index (κ3) is 4.65. The largest absolute Gasteiger partial charge is 0.354 e. The van der Waals surface area contributed by atoms with Gasteiger partial charge in [-0.05, 0) is 55.7 Å². The van der Waals surface area contributed by atoms with Crippen molar-refractivity contribution < 1.29 is 13.6 Å². The molecule has 166 valence electrons. The van der Waals surface area contributed by atoms with E-state index in [2.05, 4.69) is 10.4 Å². The number of rotatable bonds is 4. The Kier molecular flexibility index (Phi) is 6.23. The van der Waals surface area contributed by atoms with E-state index in [0.717, 1.165) is 24.1 Å². The molecule has 0 bridgehead atoms. The van der Waals surface area contributed by atoms with E-state index in [0.29, 0.717) is 36.0 Å². The number of aromatic nitrogens is 2. The average Bonchev–Trinajstić information content (AvgIpc) is 2.78. The predicted molar refractivity (Wildman–Crippen MR) is 120 cm³/mol. The molecule has 1 N–H and O–H groups in total. The zero-order valence-electron chi connectivity index (χ0n) is 17.3. The van der Waals surface area contributed by atoms with Gasteiger partial charge in [-0.1, -0.05) is 17.7 Å². The topological polar surface area (TPSA) is 67.2 Å². The van der Waals surface area contributed by atoms with E-state index in [1.165, 1.54) is 16.8 Å². The normalized spacial score (nSPS) is 16.1. The van der Waals surface area contributed by atoms with Crippen LogP contribution in [-0.2, 0) is 4.79 Å². The van der Waals surface area contributed by atoms with Gasteiger partial charge in [0.05, 0.1) is 17.3 Å². The molecule has 9 heteroatoms. The second kappa shape index (κ2) is 9.08. The van der Waals surface area contributed by atoms with Gasteiger partial charge in [-0.2, -0.15) is 4.68 Å². The number of nitrogens with one attached hydrogen (secondary N) is 1. The van der Waals surface area contributed by atoms with Crippen LogP contribution in [0.3, 0.4) is 0 Å². The minimum atomic E-state index is -0.823. The first-order valence-electron chi connectivity index (χ1n) is 10.2. The molecule has 1 saturated heterocycles. The van der Waals surface area contributed by atoms with Crippen LogP contribution in [0.15, 0.2) is 53.3 Å². The van der Waals surface area contributed by atoms with Crippen molar-refractivity contribution in [2.45, 2.75) is 19.8 Å². The summed E-state index contributed by atoms with van der Waals surface area (Å²) in [7, 11) is 0. The predicted octanol–water partition coefficient (Wildman–Crippen LogP) is 4.33. The van der Waals surface area contributed by atoms with Crippen molar-refractivity contribution in [3.05, 3.63) is 81.1 Å². The fourth-order valence-electron chi connectivity index (χ4n) is 3.69. The van der Waals surface area contributed by atoms with Gasteiger partial charge in [-0.3, -0.25) is 9.59 Å². The molecule has 32 heavy (non-hydrogen) atoms. The summed E-state index contributed by atoms with van der Waals surface area (Å²) in [6.45, 7) is 2.89. The number of benzene rings is 2. The lowest BCUT2D eigenvalue weighted by molar-refractivity contribution is -0.120. The number of nitrogens with zero attached hydrogens (tertiary/aromatic N) is 3. The summed E-state index contributed by atoms with van der Waals surface area (Å²) in [6, 6.07) is 11.3. The first-order chi connectivity index (χ1) is 15.3. The molecule has 1 fully saturated rings. The summed E-state index contributed by atoms with van der Waals surface area (Å²) < 4.78 is 28.3. The van der Waals surface area contributed by atoms with E-state index in [1.807, 2.05) is 17.9 Å². The Morgan fingerprint density at radius 3 is 2.72 bits per heavy atom. The smallest absolute Gasteiger partial charge is 0.271 e. The van der Waals surface area contributed by atoms with Crippen LogP contribution >= 0.6 is 11.6 Å². The molecule has 4 rings (SSSR count). The van der Waals surface area contributed by atoms with Crippen molar-refractivity contribution in [1.82, 2.24) is 9.78 Å². The molecular weight excluding hydrogens is 438 g/mol. The molecule has 0 unspecified atom stereocenters. The summed E-state index contributed by atoms with van der Waals surface area (Å²) in [5, 5.41) is 7.55. The number of carbonyl (C=O) groups excluding carboxylic acids is 1. The van der Waals surface area contributed by atoms with Crippen molar-refractivity contribution in [3.8, 4) is 5.69 Å². The summed E-state index contributed by atoms with van der Waals surface area (Å²) in [5.41, 5.74) is 1.08. The molecule has 0 spiro atoms. The molecule has 1 amide bonds. The SMILES string of the molecule is Cc1ccc(-n2nc(N3CCC[C@@H](C(=O)Nc4ccc(F)cc4F)C3)ccc2=O)cc1Cl. The minimum Gasteiger partial charge on any atom is -0.354 e. The van der Waals surface area contributed by atoms with Gasteiger partial charge < -0.3 is 10.2 Å². The standard InChI is InChI=1S/C23H21ClF2N4O2/c1-14-4-6-17(12-18(14)24)30-22(31)9-8-21(28-30)29-10-2-3-15(13-29)23(32)27-20-7-5-16(25)11-19(20)26/h4-9,11-12,15H,2-3,10,13H2,1H3,(H,27,32)/t15-/m1/s1. The third-order valence-corrected chi connectivity index (χ3v) is 5.90. The minimum absolute atomic E-state index is 0.0588. The fourth-order valence-corrected chi connectivity index (χ4v) is 3.87. The highest BCUT2D eigenvalue weighted by Gasteiger charge is 2.27. The summed E-state index contributed by atoms with van der Waals surface area (Å²) >= 11 is 6.20. The van der Waals surface area contributed by atoms with Crippen LogP contribution in [0.1, 0.15) is 18.4 Å². The van der Waals surface area contributed by atoms with Crippen molar-refractivity contribution in [3.63, 3.8) is 0 Å². The fraction of sp³-hybridized carbons (Fsp3) is 0.261. The maximum atomic E-state index is 13.9. The van der Waals surface area contributed by atoms with Gasteiger partial charge >= 0.3 is 0 Å². The molecule has 0 radical (unpaired) electrons.